The molecule has 0 aromatic heterocycles. The topological polar surface area (TPSA) is 197 Å². The Morgan fingerprint density at radius 1 is 0.277 bits per heavy atom. The van der Waals surface area contributed by atoms with Crippen LogP contribution >= 0.6 is 0 Å². The fourth-order valence-electron chi connectivity index (χ4n) is 28.7. The molecule has 18 nitrogen and oxygen atoms in total. The van der Waals surface area contributed by atoms with E-state index >= 15 is 0 Å². The van der Waals surface area contributed by atoms with Gasteiger partial charge in [-0.1, -0.05) is 0 Å². The molecule has 4 aliphatic carbocycles. The molecule has 5 aliphatic rings. The van der Waals surface area contributed by atoms with Crippen molar-refractivity contribution in [2.24, 2.45) is 0 Å². The molecular formula is C94H66N6O12. The van der Waals surface area contributed by atoms with Gasteiger partial charge in [0, 0.05) is 52.4 Å². The van der Waals surface area contributed by atoms with Crippen molar-refractivity contribution in [3.05, 3.63) is 22.3 Å². The van der Waals surface area contributed by atoms with Crippen LogP contribution in [0.1, 0.15) is 63.8 Å². The standard InChI is InChI=1S/C94H66N6O12/c1-91(2,3)111-89(103)97-9-15-107-21-19-105-13-7-95-29(101)25-99(26-30(102)96-8-14-106-20-22-108-16-10-98-90(104)112-92(4,5)6)11-17-109-23-24-110-18-12-100-27-93-85-77-69-59-49-41-33-31-32-35-39-37(33)45-53-47(39)57-51-43(35)44-36(32)40-38-34(31)42(41)50-56-46(38)54-48(40)58-52(44)62-61(51)71-65(57)75-67(53)73(63(69)55(45)49)81(85)83(75)87-79(71)80-72(62)66(58)76-68(54)74-64(56)70(60(50)59)78(77)86(93)82(74)84(76)88(80)94(87,93)28-100/h7-28H2,1-6H3,(H,95,101)(H,96,102)(H,97,103)(H,98,104). The van der Waals surface area contributed by atoms with Crippen LogP contribution in [0.3, 0.4) is 0 Å². The van der Waals surface area contributed by atoms with Crippen molar-refractivity contribution in [3.63, 3.8) is 0 Å². The van der Waals surface area contributed by atoms with Crippen LogP contribution in [0.4, 0.5) is 9.59 Å². The number of amides is 4. The van der Waals surface area contributed by atoms with Gasteiger partial charge in [0.15, 0.2) is 0 Å². The Kier molecular flexibility index (Phi) is 9.08. The molecule has 0 atom stereocenters. The van der Waals surface area contributed by atoms with E-state index < -0.39 is 23.4 Å². The molecule has 1 heterocycles. The lowest BCUT2D eigenvalue weighted by Crippen LogP contribution is -2.51. The third kappa shape index (κ3) is 5.30. The van der Waals surface area contributed by atoms with E-state index in [1.165, 1.54) is 0 Å². The van der Waals surface area contributed by atoms with Crippen LogP contribution in [0.15, 0.2) is 0 Å². The monoisotopic (exact) mass is 1470 g/mol. The number of nitrogens with zero attached hydrogens (tertiary/aromatic N) is 2. The maximum absolute atomic E-state index is 13.5. The van der Waals surface area contributed by atoms with Gasteiger partial charge in [0.05, 0.1) is 103 Å². The largest absolute Gasteiger partial charge is 0.444 e. The second-order valence-electron chi connectivity index (χ2n) is 37.2. The van der Waals surface area contributed by atoms with Crippen molar-refractivity contribution < 1.29 is 57.1 Å². The van der Waals surface area contributed by atoms with E-state index in [4.69, 9.17) is 37.9 Å². The molecule has 4 amide bonds. The first-order chi connectivity index (χ1) is 54.7. The lowest BCUT2D eigenvalue weighted by atomic mass is 9.50. The van der Waals surface area contributed by atoms with Crippen LogP contribution < -0.4 is 21.3 Å². The summed E-state index contributed by atoms with van der Waals surface area (Å²) < 4.78 is 46.4. The number of alkyl carbamates (subject to hydrolysis) is 2. The van der Waals surface area contributed by atoms with Crippen LogP contribution in [-0.4, -0.2) is 190 Å². The molecule has 4 N–H and O–H groups in total. The zero-order valence-corrected chi connectivity index (χ0v) is 62.3. The number of rotatable bonds is 31. The highest BCUT2D eigenvalue weighted by Gasteiger charge is 2.73. The predicted molar refractivity (Wildman–Crippen MR) is 446 cm³/mol. The van der Waals surface area contributed by atoms with Crippen LogP contribution in [0, 0.1) is 0 Å². The van der Waals surface area contributed by atoms with Crippen molar-refractivity contribution >= 4 is 315 Å². The van der Waals surface area contributed by atoms with Gasteiger partial charge < -0.3 is 59.2 Å². The SMILES string of the molecule is CC(C)(C)OC(=O)NCCOCCOCCNC(=O)CN(CCOCCOCCN1CC23c4c5c6c7c8c9c(c%10c%11c2c2c4c4c%12c5c5c6c6c8c8c%13c9c9c%10c%10c%11c%11c2c2c4c4c%12c%12c5c5c6c8c6c8c%13c9c9c%10c%10c%11c2c2c4c4c%12c5c6c5c8c9c%10c2c45)C73C1)CC(=O)NCCOCCOCCNC(=O)OC(C)(C)C. The van der Waals surface area contributed by atoms with E-state index in [-0.39, 0.29) is 62.0 Å². The lowest BCUT2D eigenvalue weighted by molar-refractivity contribution is -0.125. The average molecular weight is 1470 g/mol. The third-order valence-corrected chi connectivity index (χ3v) is 30.5. The summed E-state index contributed by atoms with van der Waals surface area (Å²) in [4.78, 5) is 55.7. The maximum Gasteiger partial charge on any atom is 0.407 e. The minimum Gasteiger partial charge on any atom is -0.444 e. The van der Waals surface area contributed by atoms with Crippen molar-refractivity contribution in [1.82, 2.24) is 31.1 Å². The number of likely N-dealkylation sites (tertiary alicyclic amines) is 1. The van der Waals surface area contributed by atoms with Crippen LogP contribution in [0.2, 0.25) is 0 Å². The second kappa shape index (κ2) is 17.4. The Bertz CT molecular complexity index is 7830. The molecule has 0 bridgehead atoms. The average Bonchev–Trinajstić information content (AvgIpc) is 1.38. The fourth-order valence-corrected chi connectivity index (χ4v) is 28.7. The van der Waals surface area contributed by atoms with Gasteiger partial charge >= 0.3 is 12.2 Å². The summed E-state index contributed by atoms with van der Waals surface area (Å²) in [5.74, 6) is -0.484. The molecule has 112 heavy (non-hydrogen) atoms. The molecule has 1 aliphatic heterocycles. The van der Waals surface area contributed by atoms with E-state index in [2.05, 4.69) is 26.2 Å². The summed E-state index contributed by atoms with van der Waals surface area (Å²) in [5, 5.41) is 98.7. The number of hydrogen-bond acceptors (Lipinski definition) is 14. The fraction of sp³-hybridized carbons (Fsp3) is 0.340. The van der Waals surface area contributed by atoms with Gasteiger partial charge in [-0.3, -0.25) is 19.4 Å². The minimum absolute atomic E-state index is 0.0228. The molecule has 18 heteroatoms. The van der Waals surface area contributed by atoms with Gasteiger partial charge in [-0.25, -0.2) is 9.59 Å². The summed E-state index contributed by atoms with van der Waals surface area (Å²) in [6.45, 7) is 19.1. The Morgan fingerprint density at radius 2 is 0.473 bits per heavy atom. The summed E-state index contributed by atoms with van der Waals surface area (Å²) in [6.07, 6.45) is -0.988. The van der Waals surface area contributed by atoms with Crippen LogP contribution in [0.25, 0.3) is 291 Å². The highest BCUT2D eigenvalue weighted by Crippen LogP contribution is 2.85. The highest BCUT2D eigenvalue weighted by molar-refractivity contribution is 6.82. The van der Waals surface area contributed by atoms with Gasteiger partial charge in [-0.2, -0.15) is 0 Å². The van der Waals surface area contributed by atoms with E-state index in [0.29, 0.717) is 85.7 Å². The van der Waals surface area contributed by atoms with Crippen molar-refractivity contribution in [1.29, 1.82) is 0 Å². The van der Waals surface area contributed by atoms with Gasteiger partial charge in [-0.15, -0.1) is 0 Å². The molecule has 0 saturated carbocycles. The number of carbonyl (C=O) groups excluding carboxylic acids is 4. The number of carbonyl (C=O) groups is 4. The molecule has 2 spiro atoms. The number of benzene rings is 18. The smallest absolute Gasteiger partial charge is 0.407 e. The molecule has 28 aromatic carbocycles. The first-order valence-corrected chi connectivity index (χ1v) is 40.8. The molecule has 33 rings (SSSR count). The Morgan fingerprint density at radius 3 is 0.696 bits per heavy atom. The molecule has 28 aromatic rings. The van der Waals surface area contributed by atoms with Crippen molar-refractivity contribution in [2.45, 2.75) is 63.6 Å². The molecule has 0 unspecified atom stereocenters. The molecule has 1 fully saturated rings. The van der Waals surface area contributed by atoms with Gasteiger partial charge in [0.2, 0.25) is 11.8 Å². The third-order valence-electron chi connectivity index (χ3n) is 30.5. The van der Waals surface area contributed by atoms with Crippen molar-refractivity contribution in [3.8, 4) is 0 Å². The molecule has 1 saturated heterocycles. The first kappa shape index (κ1) is 58.5. The van der Waals surface area contributed by atoms with E-state index in [1.54, 1.807) is 318 Å². The number of hydrogen-bond donors (Lipinski definition) is 4. The van der Waals surface area contributed by atoms with Gasteiger partial charge in [0.1, 0.15) is 11.2 Å². The zero-order valence-electron chi connectivity index (χ0n) is 62.3. The lowest BCUT2D eigenvalue weighted by Gasteiger charge is -2.49. The number of nitrogens with one attached hydrogen (secondary N) is 4. The molecular weight excluding hydrogens is 1410 g/mol. The normalized spacial score (nSPS) is 18.8. The summed E-state index contributed by atoms with van der Waals surface area (Å²) in [5.41, 5.74) is 4.99. The van der Waals surface area contributed by atoms with E-state index in [1.807, 2.05) is 41.5 Å². The Balaban J connectivity index is 0.458. The van der Waals surface area contributed by atoms with Gasteiger partial charge in [-0.05, 0) is 355 Å². The predicted octanol–water partition coefficient (Wildman–Crippen LogP) is 16.3. The van der Waals surface area contributed by atoms with E-state index in [9.17, 15) is 19.2 Å². The van der Waals surface area contributed by atoms with Crippen LogP contribution in [-0.2, 0) is 58.3 Å². The Hall–Kier alpha value is -10.4. The highest BCUT2D eigenvalue weighted by atomic mass is 16.6. The summed E-state index contributed by atoms with van der Waals surface area (Å²) >= 11 is 0. The summed E-state index contributed by atoms with van der Waals surface area (Å²) in [7, 11) is 0. The maximum atomic E-state index is 13.5. The second-order valence-corrected chi connectivity index (χ2v) is 37.2. The zero-order chi connectivity index (χ0) is 73.0. The minimum atomic E-state index is -0.581. The quantitative estimate of drug-likeness (QED) is 0.0236. The molecule has 0 radical (unpaired) electrons. The van der Waals surface area contributed by atoms with E-state index in [0.717, 1.165) is 19.6 Å². The summed E-state index contributed by atoms with van der Waals surface area (Å²) in [6, 6.07) is 0. The number of ether oxygens (including phenoxy) is 8. The van der Waals surface area contributed by atoms with Gasteiger partial charge in [0.25, 0.3) is 0 Å². The van der Waals surface area contributed by atoms with Crippen LogP contribution in [0.5, 0.6) is 0 Å². The molecule has 544 valence electrons. The Labute approximate surface area is 630 Å². The van der Waals surface area contributed by atoms with Crippen molar-refractivity contribution in [2.75, 3.05) is 145 Å². The first-order valence-electron chi connectivity index (χ1n) is 40.8.